The predicted molar refractivity (Wildman–Crippen MR) is 101 cm³/mol. The lowest BCUT2D eigenvalue weighted by Gasteiger charge is -2.10. The van der Waals surface area contributed by atoms with E-state index in [0.717, 1.165) is 11.0 Å². The number of esters is 1. The molecule has 0 aliphatic heterocycles. The van der Waals surface area contributed by atoms with E-state index in [1.807, 2.05) is 12.1 Å². The highest BCUT2D eigenvalue weighted by Crippen LogP contribution is 2.21. The van der Waals surface area contributed by atoms with Crippen molar-refractivity contribution in [3.8, 4) is 5.75 Å². The van der Waals surface area contributed by atoms with Crippen LogP contribution in [-0.4, -0.2) is 24.7 Å². The Bertz CT molecular complexity index is 1110. The minimum Gasteiger partial charge on any atom is -0.425 e. The zero-order valence-electron chi connectivity index (χ0n) is 15.8. The first-order valence-electron chi connectivity index (χ1n) is 8.75. The van der Waals surface area contributed by atoms with Gasteiger partial charge in [-0.1, -0.05) is 26.0 Å². The molecule has 1 atom stereocenters. The van der Waals surface area contributed by atoms with Crippen LogP contribution in [0, 0.1) is 0 Å². The van der Waals surface area contributed by atoms with Gasteiger partial charge >= 0.3 is 11.7 Å². The highest BCUT2D eigenvalue weighted by Gasteiger charge is 2.16. The number of imidazole rings is 1. The Labute approximate surface area is 155 Å². The summed E-state index contributed by atoms with van der Waals surface area (Å²) in [6.07, 6.45) is 2.39. The van der Waals surface area contributed by atoms with Crippen LogP contribution in [0.5, 0.6) is 5.75 Å². The largest absolute Gasteiger partial charge is 0.425 e. The summed E-state index contributed by atoms with van der Waals surface area (Å²) < 4.78 is 9.02. The molecule has 0 N–H and O–H groups in total. The lowest BCUT2D eigenvalue weighted by molar-refractivity contribution is -0.135. The average Bonchev–Trinajstić information content (AvgIpc) is 3.08. The molecular weight excluding hydrogens is 348 g/mol. The number of aryl methyl sites for hydroxylation is 1. The van der Waals surface area contributed by atoms with Crippen LogP contribution >= 0.6 is 0 Å². The van der Waals surface area contributed by atoms with Crippen LogP contribution in [0.25, 0.3) is 11.2 Å². The normalized spacial score (nSPS) is 12.3. The maximum Gasteiger partial charge on any atom is 0.332 e. The molecule has 3 rings (SSSR count). The second-order valence-electron chi connectivity index (χ2n) is 6.60. The summed E-state index contributed by atoms with van der Waals surface area (Å²) in [7, 11) is 2.91. The molecule has 0 saturated heterocycles. The van der Waals surface area contributed by atoms with E-state index in [-0.39, 0.29) is 17.7 Å². The highest BCUT2D eigenvalue weighted by atomic mass is 16.5. The number of hydrogen-bond acceptors (Lipinski definition) is 5. The van der Waals surface area contributed by atoms with Gasteiger partial charge in [0.1, 0.15) is 12.3 Å². The quantitative estimate of drug-likeness (QED) is 0.502. The maximum atomic E-state index is 12.4. The van der Waals surface area contributed by atoms with E-state index < -0.39 is 17.2 Å². The smallest absolute Gasteiger partial charge is 0.332 e. The molecule has 8 nitrogen and oxygen atoms in total. The monoisotopic (exact) mass is 370 g/mol. The maximum absolute atomic E-state index is 12.4. The summed E-state index contributed by atoms with van der Waals surface area (Å²) in [6, 6.07) is 7.39. The molecule has 27 heavy (non-hydrogen) atoms. The zero-order valence-corrected chi connectivity index (χ0v) is 15.8. The van der Waals surface area contributed by atoms with Crippen molar-refractivity contribution in [2.24, 2.45) is 14.1 Å². The molecule has 0 unspecified atom stereocenters. The predicted octanol–water partition coefficient (Wildman–Crippen LogP) is 1.55. The molecule has 3 aromatic rings. The summed E-state index contributed by atoms with van der Waals surface area (Å²) in [6.45, 7) is 4.07. The van der Waals surface area contributed by atoms with Crippen LogP contribution in [0.2, 0.25) is 0 Å². The van der Waals surface area contributed by atoms with Crippen molar-refractivity contribution in [3.63, 3.8) is 0 Å². The molecule has 0 saturated carbocycles. The summed E-state index contributed by atoms with van der Waals surface area (Å²) in [4.78, 5) is 40.7. The van der Waals surface area contributed by atoms with Crippen LogP contribution in [0.1, 0.15) is 31.7 Å². The van der Waals surface area contributed by atoms with Gasteiger partial charge in [-0.25, -0.2) is 14.6 Å². The molecule has 0 bridgehead atoms. The molecule has 2 heterocycles. The van der Waals surface area contributed by atoms with Crippen molar-refractivity contribution in [1.29, 1.82) is 0 Å². The van der Waals surface area contributed by atoms with Gasteiger partial charge < -0.3 is 9.30 Å². The van der Waals surface area contributed by atoms with Gasteiger partial charge in [-0.05, 0) is 30.0 Å². The van der Waals surface area contributed by atoms with E-state index in [9.17, 15) is 14.4 Å². The Morgan fingerprint density at radius 3 is 2.44 bits per heavy atom. The fourth-order valence-electron chi connectivity index (χ4n) is 2.92. The van der Waals surface area contributed by atoms with Crippen LogP contribution in [-0.2, 0) is 25.4 Å². The molecule has 0 aliphatic carbocycles. The van der Waals surface area contributed by atoms with Crippen LogP contribution in [0.4, 0.5) is 0 Å². The minimum atomic E-state index is -0.526. The number of rotatable bonds is 5. The third kappa shape index (κ3) is 3.42. The molecule has 0 spiro atoms. The van der Waals surface area contributed by atoms with Crippen molar-refractivity contribution in [1.82, 2.24) is 18.7 Å². The molecule has 1 aromatic carbocycles. The van der Waals surface area contributed by atoms with Crippen LogP contribution < -0.4 is 16.0 Å². The van der Waals surface area contributed by atoms with E-state index in [1.165, 1.54) is 35.1 Å². The number of nitrogens with zero attached hydrogens (tertiary/aromatic N) is 4. The van der Waals surface area contributed by atoms with Gasteiger partial charge in [-0.15, -0.1) is 0 Å². The average molecular weight is 370 g/mol. The second kappa shape index (κ2) is 7.22. The van der Waals surface area contributed by atoms with E-state index in [0.29, 0.717) is 11.7 Å². The zero-order chi connectivity index (χ0) is 19.7. The fourth-order valence-corrected chi connectivity index (χ4v) is 2.92. The first-order valence-corrected chi connectivity index (χ1v) is 8.75. The number of carbonyl (C=O) groups is 1. The number of carbonyl (C=O) groups excluding carboxylic acids is 1. The van der Waals surface area contributed by atoms with Gasteiger partial charge in [0.05, 0.1) is 6.33 Å². The topological polar surface area (TPSA) is 88.1 Å². The van der Waals surface area contributed by atoms with Crippen molar-refractivity contribution in [2.75, 3.05) is 0 Å². The molecule has 8 heteroatoms. The number of benzene rings is 1. The van der Waals surface area contributed by atoms with Gasteiger partial charge in [0.15, 0.2) is 11.2 Å². The van der Waals surface area contributed by atoms with Gasteiger partial charge in [0.2, 0.25) is 0 Å². The molecule has 0 radical (unpaired) electrons. The van der Waals surface area contributed by atoms with Crippen LogP contribution in [0.15, 0.2) is 40.2 Å². The lowest BCUT2D eigenvalue weighted by atomic mass is 9.99. The third-order valence-corrected chi connectivity index (χ3v) is 4.81. The van der Waals surface area contributed by atoms with Crippen molar-refractivity contribution in [2.45, 2.75) is 32.7 Å². The van der Waals surface area contributed by atoms with Gasteiger partial charge in [-0.2, -0.15) is 0 Å². The number of fused-ring (bicyclic) bond motifs is 1. The van der Waals surface area contributed by atoms with E-state index >= 15 is 0 Å². The third-order valence-electron chi connectivity index (χ3n) is 4.81. The van der Waals surface area contributed by atoms with E-state index in [1.54, 1.807) is 12.1 Å². The van der Waals surface area contributed by atoms with Gasteiger partial charge in [0, 0.05) is 14.1 Å². The van der Waals surface area contributed by atoms with Crippen LogP contribution in [0.3, 0.4) is 0 Å². The van der Waals surface area contributed by atoms with E-state index in [4.69, 9.17) is 4.74 Å². The summed E-state index contributed by atoms with van der Waals surface area (Å²) in [5.74, 6) is 0.355. The fraction of sp³-hybridized carbons (Fsp3) is 0.368. The summed E-state index contributed by atoms with van der Waals surface area (Å²) in [5, 5.41) is 0. The Morgan fingerprint density at radius 1 is 1.15 bits per heavy atom. The molecule has 0 fully saturated rings. The summed E-state index contributed by atoms with van der Waals surface area (Å²) in [5.41, 5.74) is 0.623. The van der Waals surface area contributed by atoms with Gasteiger partial charge in [0.25, 0.3) is 5.56 Å². The summed E-state index contributed by atoms with van der Waals surface area (Å²) >= 11 is 0. The van der Waals surface area contributed by atoms with Gasteiger partial charge in [-0.3, -0.25) is 13.9 Å². The van der Waals surface area contributed by atoms with E-state index in [2.05, 4.69) is 18.8 Å². The van der Waals surface area contributed by atoms with Crippen molar-refractivity contribution >= 4 is 17.1 Å². The first-order chi connectivity index (χ1) is 12.8. The second-order valence-corrected chi connectivity index (χ2v) is 6.60. The number of hydrogen-bond donors (Lipinski definition) is 0. The van der Waals surface area contributed by atoms with Crippen molar-refractivity contribution < 1.29 is 9.53 Å². The molecule has 0 amide bonds. The molecule has 142 valence electrons. The SMILES string of the molecule is CC[C@@H](C)c1ccc(OC(=O)Cn2cnc3c2c(=O)n(C)c(=O)n3C)cc1. The first kappa shape index (κ1) is 18.6. The molecule has 0 aliphatic rings. The Hall–Kier alpha value is -3.16. The Balaban J connectivity index is 1.83. The van der Waals surface area contributed by atoms with Crippen molar-refractivity contribution in [3.05, 3.63) is 57.0 Å². The lowest BCUT2D eigenvalue weighted by Crippen LogP contribution is -2.37. The standard InChI is InChI=1S/C19H22N4O4/c1-5-12(2)13-6-8-14(9-7-13)27-15(24)10-23-11-20-17-16(23)18(25)22(4)19(26)21(17)3/h6-9,11-12H,5,10H2,1-4H3/t12-/m1/s1. The Morgan fingerprint density at radius 2 is 1.81 bits per heavy atom. The minimum absolute atomic E-state index is 0.183. The highest BCUT2D eigenvalue weighted by molar-refractivity contribution is 5.76. The molecular formula is C19H22N4O4. The molecule has 2 aromatic heterocycles. The Kier molecular flexibility index (Phi) is 4.98. The number of ether oxygens (including phenoxy) is 1. The number of aromatic nitrogens is 4.